The molecule has 26 heavy (non-hydrogen) atoms. The predicted molar refractivity (Wildman–Crippen MR) is 104 cm³/mol. The average Bonchev–Trinajstić information content (AvgIpc) is 2.98. The first kappa shape index (κ1) is 17.9. The first-order chi connectivity index (χ1) is 12.6. The molecule has 0 aliphatic rings. The lowest BCUT2D eigenvalue weighted by Crippen LogP contribution is -2.25. The summed E-state index contributed by atoms with van der Waals surface area (Å²) in [5, 5.41) is 7.28. The molecular weight excluding hydrogens is 322 g/mol. The van der Waals surface area contributed by atoms with Gasteiger partial charge >= 0.3 is 0 Å². The number of carbonyl (C=O) groups excluding carboxylic acids is 1. The zero-order chi connectivity index (χ0) is 18.5. The van der Waals surface area contributed by atoms with Gasteiger partial charge in [-0.2, -0.15) is 5.10 Å². The normalized spacial score (nSPS) is 12.0. The second-order valence-corrected chi connectivity index (χ2v) is 6.68. The standard InChI is InChI=1S/C22H25N3O/c1-16-9-7-8-12-20(16)21(18-10-5-4-6-11-18)13-22(26)23-14-19-15-24-25(3)17(19)2/h4-12,15,21H,13-14H2,1-3H3,(H,23,26). The monoisotopic (exact) mass is 347 g/mol. The maximum atomic E-state index is 12.7. The Morgan fingerprint density at radius 2 is 1.77 bits per heavy atom. The molecule has 3 rings (SSSR count). The van der Waals surface area contributed by atoms with Crippen molar-refractivity contribution in [2.45, 2.75) is 32.7 Å². The summed E-state index contributed by atoms with van der Waals surface area (Å²) < 4.78 is 1.82. The maximum absolute atomic E-state index is 12.7. The van der Waals surface area contributed by atoms with Crippen molar-refractivity contribution in [1.29, 1.82) is 0 Å². The van der Waals surface area contributed by atoms with Gasteiger partial charge in [0.1, 0.15) is 0 Å². The molecule has 1 atom stereocenters. The van der Waals surface area contributed by atoms with E-state index in [9.17, 15) is 4.79 Å². The van der Waals surface area contributed by atoms with Crippen molar-refractivity contribution in [2.75, 3.05) is 0 Å². The highest BCUT2D eigenvalue weighted by Crippen LogP contribution is 2.30. The van der Waals surface area contributed by atoms with Gasteiger partial charge in [-0.25, -0.2) is 0 Å². The van der Waals surface area contributed by atoms with Crippen LogP contribution in [-0.2, 0) is 18.4 Å². The van der Waals surface area contributed by atoms with E-state index in [2.05, 4.69) is 41.6 Å². The number of aryl methyl sites for hydroxylation is 2. The second-order valence-electron chi connectivity index (χ2n) is 6.68. The molecule has 2 aromatic carbocycles. The minimum absolute atomic E-state index is 0.0466. The van der Waals surface area contributed by atoms with Crippen LogP contribution >= 0.6 is 0 Å². The molecule has 0 bridgehead atoms. The Hall–Kier alpha value is -2.88. The fourth-order valence-electron chi connectivity index (χ4n) is 3.24. The lowest BCUT2D eigenvalue weighted by atomic mass is 9.86. The Morgan fingerprint density at radius 3 is 2.42 bits per heavy atom. The molecule has 3 aromatic rings. The minimum atomic E-state index is 0.0466. The predicted octanol–water partition coefficient (Wildman–Crippen LogP) is 3.88. The van der Waals surface area contributed by atoms with Gasteiger partial charge in [0.15, 0.2) is 0 Å². The number of amides is 1. The summed E-state index contributed by atoms with van der Waals surface area (Å²) in [5.41, 5.74) is 5.69. The molecule has 1 amide bonds. The number of rotatable bonds is 6. The summed E-state index contributed by atoms with van der Waals surface area (Å²) in [6.45, 7) is 4.62. The maximum Gasteiger partial charge on any atom is 0.221 e. The molecule has 1 aromatic heterocycles. The zero-order valence-corrected chi connectivity index (χ0v) is 15.6. The van der Waals surface area contributed by atoms with Gasteiger partial charge < -0.3 is 5.32 Å². The highest BCUT2D eigenvalue weighted by molar-refractivity contribution is 5.77. The molecule has 1 unspecified atom stereocenters. The third-order valence-corrected chi connectivity index (χ3v) is 4.97. The van der Waals surface area contributed by atoms with Gasteiger partial charge in [0.05, 0.1) is 6.20 Å². The topological polar surface area (TPSA) is 46.9 Å². The summed E-state index contributed by atoms with van der Waals surface area (Å²) in [4.78, 5) is 12.7. The third-order valence-electron chi connectivity index (χ3n) is 4.97. The van der Waals surface area contributed by atoms with Crippen LogP contribution < -0.4 is 5.32 Å². The highest BCUT2D eigenvalue weighted by Gasteiger charge is 2.19. The number of nitrogens with zero attached hydrogens (tertiary/aromatic N) is 2. The fourth-order valence-corrected chi connectivity index (χ4v) is 3.24. The van der Waals surface area contributed by atoms with Crippen molar-refractivity contribution in [1.82, 2.24) is 15.1 Å². The zero-order valence-electron chi connectivity index (χ0n) is 15.6. The largest absolute Gasteiger partial charge is 0.352 e. The molecule has 1 heterocycles. The number of benzene rings is 2. The molecule has 0 aliphatic carbocycles. The van der Waals surface area contributed by atoms with Crippen LogP contribution in [0.5, 0.6) is 0 Å². The van der Waals surface area contributed by atoms with Gasteiger partial charge in [-0.3, -0.25) is 9.48 Å². The van der Waals surface area contributed by atoms with Gasteiger partial charge in [0, 0.05) is 37.2 Å². The molecular formula is C22H25N3O. The molecule has 0 radical (unpaired) electrons. The van der Waals surface area contributed by atoms with Crippen LogP contribution in [0.2, 0.25) is 0 Å². The summed E-state index contributed by atoms with van der Waals surface area (Å²) in [5.74, 6) is 0.0951. The second kappa shape index (κ2) is 8.00. The van der Waals surface area contributed by atoms with Gasteiger partial charge in [0.25, 0.3) is 0 Å². The Bertz CT molecular complexity index is 883. The number of nitrogens with one attached hydrogen (secondary N) is 1. The van der Waals surface area contributed by atoms with E-state index in [1.165, 1.54) is 11.1 Å². The van der Waals surface area contributed by atoms with Crippen molar-refractivity contribution >= 4 is 5.91 Å². The Morgan fingerprint density at radius 1 is 1.08 bits per heavy atom. The van der Waals surface area contributed by atoms with Gasteiger partial charge in [-0.05, 0) is 30.5 Å². The van der Waals surface area contributed by atoms with Crippen LogP contribution in [0.15, 0.2) is 60.8 Å². The van der Waals surface area contributed by atoms with Crippen molar-refractivity contribution in [3.05, 3.63) is 88.7 Å². The Balaban J connectivity index is 1.76. The molecule has 1 N–H and O–H groups in total. The molecule has 4 heteroatoms. The van der Waals surface area contributed by atoms with Crippen LogP contribution in [-0.4, -0.2) is 15.7 Å². The summed E-state index contributed by atoms with van der Waals surface area (Å²) in [7, 11) is 1.91. The smallest absolute Gasteiger partial charge is 0.221 e. The molecule has 134 valence electrons. The van der Waals surface area contributed by atoms with Crippen molar-refractivity contribution in [2.24, 2.45) is 7.05 Å². The van der Waals surface area contributed by atoms with Crippen LogP contribution in [0, 0.1) is 13.8 Å². The summed E-state index contributed by atoms with van der Waals surface area (Å²) in [6.07, 6.45) is 2.24. The van der Waals surface area contributed by atoms with E-state index in [4.69, 9.17) is 0 Å². The molecule has 0 saturated carbocycles. The first-order valence-electron chi connectivity index (χ1n) is 8.91. The number of hydrogen-bond donors (Lipinski definition) is 1. The lowest BCUT2D eigenvalue weighted by Gasteiger charge is -2.20. The summed E-state index contributed by atoms with van der Waals surface area (Å²) in [6, 6.07) is 18.5. The van der Waals surface area contributed by atoms with E-state index < -0.39 is 0 Å². The van der Waals surface area contributed by atoms with E-state index in [1.807, 2.05) is 55.2 Å². The van der Waals surface area contributed by atoms with Gasteiger partial charge in [0.2, 0.25) is 5.91 Å². The number of hydrogen-bond acceptors (Lipinski definition) is 2. The van der Waals surface area contributed by atoms with Gasteiger partial charge in [-0.15, -0.1) is 0 Å². The third kappa shape index (κ3) is 4.02. The molecule has 0 spiro atoms. The lowest BCUT2D eigenvalue weighted by molar-refractivity contribution is -0.121. The summed E-state index contributed by atoms with van der Waals surface area (Å²) >= 11 is 0. The molecule has 4 nitrogen and oxygen atoms in total. The van der Waals surface area contributed by atoms with Gasteiger partial charge in [-0.1, -0.05) is 54.6 Å². The molecule has 0 saturated heterocycles. The van der Waals surface area contributed by atoms with Crippen LogP contribution in [0.4, 0.5) is 0 Å². The van der Waals surface area contributed by atoms with Crippen molar-refractivity contribution in [3.63, 3.8) is 0 Å². The van der Waals surface area contributed by atoms with Crippen LogP contribution in [0.25, 0.3) is 0 Å². The average molecular weight is 347 g/mol. The quantitative estimate of drug-likeness (QED) is 0.736. The highest BCUT2D eigenvalue weighted by atomic mass is 16.1. The first-order valence-corrected chi connectivity index (χ1v) is 8.91. The van der Waals surface area contributed by atoms with E-state index in [0.717, 1.165) is 16.8 Å². The van der Waals surface area contributed by atoms with E-state index in [0.29, 0.717) is 13.0 Å². The van der Waals surface area contributed by atoms with Crippen LogP contribution in [0.1, 0.15) is 40.3 Å². The fraction of sp³-hybridized carbons (Fsp3) is 0.273. The number of carbonyl (C=O) groups is 1. The van der Waals surface area contributed by atoms with Crippen molar-refractivity contribution in [3.8, 4) is 0 Å². The minimum Gasteiger partial charge on any atom is -0.352 e. The SMILES string of the molecule is Cc1ccccc1C(CC(=O)NCc1cnn(C)c1C)c1ccccc1. The van der Waals surface area contributed by atoms with E-state index in [-0.39, 0.29) is 11.8 Å². The Labute approximate surface area is 154 Å². The number of aromatic nitrogens is 2. The van der Waals surface area contributed by atoms with Crippen molar-refractivity contribution < 1.29 is 4.79 Å². The van der Waals surface area contributed by atoms with E-state index in [1.54, 1.807) is 0 Å². The van der Waals surface area contributed by atoms with E-state index >= 15 is 0 Å². The Kier molecular flexibility index (Phi) is 5.52. The molecule has 0 fully saturated rings. The molecule has 0 aliphatic heterocycles. The van der Waals surface area contributed by atoms with Crippen LogP contribution in [0.3, 0.4) is 0 Å².